The Bertz CT molecular complexity index is 441. The van der Waals surface area contributed by atoms with Crippen molar-refractivity contribution in [3.63, 3.8) is 0 Å². The minimum absolute atomic E-state index is 0.250. The van der Waals surface area contributed by atoms with Gasteiger partial charge in [0.05, 0.1) is 24.8 Å². The maximum Gasteiger partial charge on any atom is 0.235 e. The molecule has 1 aliphatic rings. The van der Waals surface area contributed by atoms with E-state index in [-0.39, 0.29) is 6.54 Å². The number of benzene rings is 1. The third kappa shape index (κ3) is 2.35. The number of rotatable bonds is 2. The van der Waals surface area contributed by atoms with Gasteiger partial charge in [-0.15, -0.1) is 0 Å². The summed E-state index contributed by atoms with van der Waals surface area (Å²) in [5, 5.41) is 0.482. The van der Waals surface area contributed by atoms with Crippen LogP contribution in [0.1, 0.15) is 12.0 Å². The van der Waals surface area contributed by atoms with E-state index in [1.165, 1.54) is 6.08 Å². The summed E-state index contributed by atoms with van der Waals surface area (Å²) in [5.41, 5.74) is 0.803. The lowest BCUT2D eigenvalue weighted by molar-refractivity contribution is 0.297. The molecule has 0 aliphatic carbocycles. The fourth-order valence-corrected chi connectivity index (χ4v) is 1.79. The van der Waals surface area contributed by atoms with Crippen LogP contribution in [-0.4, -0.2) is 19.3 Å². The Balaban J connectivity index is 2.35. The van der Waals surface area contributed by atoms with Gasteiger partial charge in [-0.3, -0.25) is 0 Å². The lowest BCUT2D eigenvalue weighted by atomic mass is 10.2. The van der Waals surface area contributed by atoms with Crippen LogP contribution in [0.25, 0.3) is 0 Å². The number of isocyanates is 1. The molecule has 1 aliphatic heterocycles. The molecule has 0 bridgehead atoms. The van der Waals surface area contributed by atoms with Crippen LogP contribution in [0.15, 0.2) is 17.1 Å². The summed E-state index contributed by atoms with van der Waals surface area (Å²) < 4.78 is 11.0. The molecular weight excluding hydrogens is 230 g/mol. The lowest BCUT2D eigenvalue weighted by Gasteiger charge is -2.10. The van der Waals surface area contributed by atoms with E-state index in [2.05, 4.69) is 4.99 Å². The first-order valence-electron chi connectivity index (χ1n) is 4.93. The summed E-state index contributed by atoms with van der Waals surface area (Å²) in [7, 11) is 0. The van der Waals surface area contributed by atoms with Crippen LogP contribution in [0.5, 0.6) is 11.5 Å². The van der Waals surface area contributed by atoms with Crippen LogP contribution in [-0.2, 0) is 11.3 Å². The highest BCUT2D eigenvalue weighted by atomic mass is 35.5. The molecule has 0 saturated heterocycles. The minimum Gasteiger partial charge on any atom is -0.489 e. The van der Waals surface area contributed by atoms with E-state index in [1.807, 2.05) is 0 Å². The van der Waals surface area contributed by atoms with E-state index in [1.54, 1.807) is 12.1 Å². The number of hydrogen-bond donors (Lipinski definition) is 0. The topological polar surface area (TPSA) is 47.9 Å². The van der Waals surface area contributed by atoms with Crippen LogP contribution >= 0.6 is 11.6 Å². The number of aliphatic imine (C=N–C) groups is 1. The zero-order valence-electron chi connectivity index (χ0n) is 8.53. The second-order valence-electron chi connectivity index (χ2n) is 3.36. The number of carbonyl (C=O) groups excluding carboxylic acids is 1. The molecule has 1 aromatic carbocycles. The SMILES string of the molecule is O=C=NCc1cc(Cl)c2c(c1)OCCCO2. The van der Waals surface area contributed by atoms with Crippen molar-refractivity contribution in [1.29, 1.82) is 0 Å². The van der Waals surface area contributed by atoms with Crippen LogP contribution in [0.3, 0.4) is 0 Å². The van der Waals surface area contributed by atoms with Crippen LogP contribution in [0.2, 0.25) is 5.02 Å². The van der Waals surface area contributed by atoms with Gasteiger partial charge in [-0.1, -0.05) is 11.6 Å². The molecular formula is C11H10ClNO3. The molecule has 0 aromatic heterocycles. The molecule has 0 N–H and O–H groups in total. The van der Waals surface area contributed by atoms with E-state index < -0.39 is 0 Å². The van der Waals surface area contributed by atoms with Crippen molar-refractivity contribution in [3.8, 4) is 11.5 Å². The Labute approximate surface area is 97.8 Å². The summed E-state index contributed by atoms with van der Waals surface area (Å²) in [6.07, 6.45) is 2.31. The van der Waals surface area contributed by atoms with Crippen molar-refractivity contribution in [2.24, 2.45) is 4.99 Å². The molecule has 4 nitrogen and oxygen atoms in total. The van der Waals surface area contributed by atoms with Crippen LogP contribution in [0, 0.1) is 0 Å². The predicted molar refractivity (Wildman–Crippen MR) is 58.9 cm³/mol. The molecule has 1 aromatic rings. The maximum absolute atomic E-state index is 10.0. The Morgan fingerprint density at radius 1 is 1.38 bits per heavy atom. The quantitative estimate of drug-likeness (QED) is 0.588. The second-order valence-corrected chi connectivity index (χ2v) is 3.77. The zero-order valence-corrected chi connectivity index (χ0v) is 9.29. The average Bonchev–Trinajstić information content (AvgIpc) is 2.51. The van der Waals surface area contributed by atoms with Gasteiger partial charge in [-0.25, -0.2) is 9.79 Å². The lowest BCUT2D eigenvalue weighted by Crippen LogP contribution is -1.97. The van der Waals surface area contributed by atoms with Crippen molar-refractivity contribution in [2.45, 2.75) is 13.0 Å². The van der Waals surface area contributed by atoms with E-state index in [0.717, 1.165) is 12.0 Å². The Kier molecular flexibility index (Phi) is 3.44. The number of ether oxygens (including phenoxy) is 2. The van der Waals surface area contributed by atoms with Gasteiger partial charge in [0.2, 0.25) is 6.08 Å². The first-order valence-corrected chi connectivity index (χ1v) is 5.30. The van der Waals surface area contributed by atoms with Gasteiger partial charge in [-0.05, 0) is 17.7 Å². The van der Waals surface area contributed by atoms with Crippen molar-refractivity contribution in [2.75, 3.05) is 13.2 Å². The number of hydrogen-bond acceptors (Lipinski definition) is 4. The van der Waals surface area contributed by atoms with Crippen molar-refractivity contribution < 1.29 is 14.3 Å². The third-order valence-corrected chi connectivity index (χ3v) is 2.47. The molecule has 5 heteroatoms. The molecule has 0 fully saturated rings. The summed E-state index contributed by atoms with van der Waals surface area (Å²) in [6.45, 7) is 1.45. The third-order valence-electron chi connectivity index (χ3n) is 2.19. The minimum atomic E-state index is 0.250. The molecule has 0 radical (unpaired) electrons. The normalized spacial score (nSPS) is 13.8. The highest BCUT2D eigenvalue weighted by molar-refractivity contribution is 6.32. The summed E-state index contributed by atoms with van der Waals surface area (Å²) in [5.74, 6) is 1.18. The van der Waals surface area contributed by atoms with Crippen molar-refractivity contribution >= 4 is 17.7 Å². The first-order chi connectivity index (χ1) is 7.81. The Morgan fingerprint density at radius 2 is 2.19 bits per heavy atom. The second kappa shape index (κ2) is 5.01. The maximum atomic E-state index is 10.0. The van der Waals surface area contributed by atoms with Gasteiger partial charge < -0.3 is 9.47 Å². The van der Waals surface area contributed by atoms with Gasteiger partial charge in [0.1, 0.15) is 0 Å². The monoisotopic (exact) mass is 239 g/mol. The number of halogens is 1. The van der Waals surface area contributed by atoms with Crippen molar-refractivity contribution in [1.82, 2.24) is 0 Å². The summed E-state index contributed by atoms with van der Waals surface area (Å²) >= 11 is 6.05. The van der Waals surface area contributed by atoms with Gasteiger partial charge in [0.25, 0.3) is 0 Å². The van der Waals surface area contributed by atoms with Crippen LogP contribution < -0.4 is 9.47 Å². The predicted octanol–water partition coefficient (Wildman–Crippen LogP) is 2.34. The molecule has 2 rings (SSSR count). The highest BCUT2D eigenvalue weighted by Gasteiger charge is 2.15. The fraction of sp³-hybridized carbons (Fsp3) is 0.364. The molecule has 16 heavy (non-hydrogen) atoms. The molecule has 0 atom stereocenters. The largest absolute Gasteiger partial charge is 0.489 e. The molecule has 0 spiro atoms. The summed E-state index contributed by atoms with van der Waals surface area (Å²) in [6, 6.07) is 3.50. The van der Waals surface area contributed by atoms with E-state index in [0.29, 0.717) is 29.7 Å². The molecule has 84 valence electrons. The number of nitrogens with zero attached hydrogens (tertiary/aromatic N) is 1. The van der Waals surface area contributed by atoms with Crippen molar-refractivity contribution in [3.05, 3.63) is 22.7 Å². The number of fused-ring (bicyclic) bond motifs is 1. The average molecular weight is 240 g/mol. The standard InChI is InChI=1S/C11H10ClNO3/c12-9-4-8(6-13-7-14)5-10-11(9)16-3-1-2-15-10/h4-5H,1-3,6H2. The molecule has 0 unspecified atom stereocenters. The fourth-order valence-electron chi connectivity index (χ4n) is 1.50. The van der Waals surface area contributed by atoms with Gasteiger partial charge in [-0.2, -0.15) is 0 Å². The summed E-state index contributed by atoms with van der Waals surface area (Å²) in [4.78, 5) is 13.5. The van der Waals surface area contributed by atoms with Gasteiger partial charge in [0.15, 0.2) is 11.5 Å². The Hall–Kier alpha value is -1.51. The molecule has 0 amide bonds. The van der Waals surface area contributed by atoms with Gasteiger partial charge in [0, 0.05) is 6.42 Å². The van der Waals surface area contributed by atoms with Crippen LogP contribution in [0.4, 0.5) is 0 Å². The zero-order chi connectivity index (χ0) is 11.4. The Morgan fingerprint density at radius 3 is 3.00 bits per heavy atom. The highest BCUT2D eigenvalue weighted by Crippen LogP contribution is 2.38. The smallest absolute Gasteiger partial charge is 0.235 e. The molecule has 1 heterocycles. The van der Waals surface area contributed by atoms with E-state index in [9.17, 15) is 4.79 Å². The van der Waals surface area contributed by atoms with Gasteiger partial charge >= 0.3 is 0 Å². The van der Waals surface area contributed by atoms with E-state index in [4.69, 9.17) is 21.1 Å². The molecule has 0 saturated carbocycles. The first kappa shape index (κ1) is 11.0. The van der Waals surface area contributed by atoms with E-state index >= 15 is 0 Å².